The van der Waals surface area contributed by atoms with Crippen LogP contribution >= 0.6 is 0 Å². The van der Waals surface area contributed by atoms with E-state index in [2.05, 4.69) is 0 Å². The zero-order valence-corrected chi connectivity index (χ0v) is 10.00. The molecular weight excluding hydrogens is 232 g/mol. The lowest BCUT2D eigenvalue weighted by atomic mass is 10.1. The Morgan fingerprint density at radius 1 is 1.44 bits per heavy atom. The number of para-hydroxylation sites is 1. The van der Waals surface area contributed by atoms with E-state index in [1.54, 1.807) is 11.9 Å². The van der Waals surface area contributed by atoms with E-state index in [1.807, 2.05) is 24.3 Å². The van der Waals surface area contributed by atoms with Gasteiger partial charge in [-0.1, -0.05) is 18.2 Å². The van der Waals surface area contributed by atoms with Crippen LogP contribution in [0.4, 0.5) is 10.5 Å². The van der Waals surface area contributed by atoms with Crippen molar-refractivity contribution in [1.82, 2.24) is 0 Å². The monoisotopic (exact) mass is 246 g/mol. The normalized spacial score (nSPS) is 29.1. The molecule has 2 N–H and O–H groups in total. The number of hydrogen-bond donors (Lipinski definition) is 1. The van der Waals surface area contributed by atoms with Gasteiger partial charge in [-0.05, 0) is 24.0 Å². The first kappa shape index (κ1) is 11.1. The van der Waals surface area contributed by atoms with Gasteiger partial charge in [-0.2, -0.15) is 0 Å². The third kappa shape index (κ3) is 1.54. The summed E-state index contributed by atoms with van der Waals surface area (Å²) in [5, 5.41) is 0. The number of carbonyl (C=O) groups is 2. The maximum atomic E-state index is 12.3. The van der Waals surface area contributed by atoms with Gasteiger partial charge in [-0.3, -0.25) is 4.79 Å². The highest BCUT2D eigenvalue weighted by Crippen LogP contribution is 2.55. The first-order valence-electron chi connectivity index (χ1n) is 5.92. The van der Waals surface area contributed by atoms with Gasteiger partial charge < -0.3 is 15.4 Å². The van der Waals surface area contributed by atoms with Crippen molar-refractivity contribution in [3.05, 3.63) is 29.8 Å². The maximum Gasteiger partial charge on any atom is 0.405 e. The van der Waals surface area contributed by atoms with Crippen molar-refractivity contribution in [3.63, 3.8) is 0 Å². The Hall–Kier alpha value is -2.04. The number of benzene rings is 1. The van der Waals surface area contributed by atoms with Gasteiger partial charge in [0.25, 0.3) is 5.91 Å². The number of primary amides is 1. The van der Waals surface area contributed by atoms with E-state index in [-0.39, 0.29) is 11.8 Å². The number of carbonyl (C=O) groups excluding carboxylic acids is 2. The van der Waals surface area contributed by atoms with Gasteiger partial charge in [0, 0.05) is 18.7 Å². The third-order valence-corrected chi connectivity index (χ3v) is 3.74. The molecule has 0 spiro atoms. The predicted octanol–water partition coefficient (Wildman–Crippen LogP) is 1.23. The summed E-state index contributed by atoms with van der Waals surface area (Å²) < 4.78 is 4.99. The molecule has 1 aromatic rings. The van der Waals surface area contributed by atoms with E-state index < -0.39 is 12.2 Å². The molecule has 0 saturated heterocycles. The fourth-order valence-corrected chi connectivity index (χ4v) is 2.77. The van der Waals surface area contributed by atoms with Gasteiger partial charge in [-0.25, -0.2) is 4.79 Å². The summed E-state index contributed by atoms with van der Waals surface area (Å²) in [6.07, 6.45) is -0.766. The number of ether oxygens (including phenoxy) is 1. The number of likely N-dealkylation sites (N-methyl/N-ethyl adjacent to an activating group) is 1. The Balaban J connectivity index is 2.00. The predicted molar refractivity (Wildman–Crippen MR) is 65.2 cm³/mol. The molecule has 94 valence electrons. The number of amides is 2. The van der Waals surface area contributed by atoms with Crippen molar-refractivity contribution >= 4 is 17.7 Å². The second-order valence-electron chi connectivity index (χ2n) is 4.82. The molecule has 0 bridgehead atoms. The van der Waals surface area contributed by atoms with E-state index in [0.29, 0.717) is 5.92 Å². The highest BCUT2D eigenvalue weighted by molar-refractivity contribution is 5.99. The van der Waals surface area contributed by atoms with Crippen LogP contribution in [0.15, 0.2) is 24.3 Å². The molecule has 1 saturated carbocycles. The molecule has 1 fully saturated rings. The highest BCUT2D eigenvalue weighted by Gasteiger charge is 2.53. The highest BCUT2D eigenvalue weighted by atomic mass is 16.6. The van der Waals surface area contributed by atoms with Crippen LogP contribution in [0.5, 0.6) is 0 Å². The molecule has 3 rings (SSSR count). The second-order valence-corrected chi connectivity index (χ2v) is 4.82. The van der Waals surface area contributed by atoms with Crippen LogP contribution in [0.25, 0.3) is 0 Å². The summed E-state index contributed by atoms with van der Waals surface area (Å²) in [5.41, 5.74) is 7.08. The third-order valence-electron chi connectivity index (χ3n) is 3.74. The fourth-order valence-electron chi connectivity index (χ4n) is 2.77. The van der Waals surface area contributed by atoms with E-state index in [1.165, 1.54) is 0 Å². The molecule has 1 aliphatic carbocycles. The summed E-state index contributed by atoms with van der Waals surface area (Å²) in [6.45, 7) is 0. The molecule has 1 aliphatic heterocycles. The molecule has 3 atom stereocenters. The van der Waals surface area contributed by atoms with Crippen molar-refractivity contribution in [3.8, 4) is 0 Å². The first-order chi connectivity index (χ1) is 8.59. The summed E-state index contributed by atoms with van der Waals surface area (Å²) >= 11 is 0. The average Bonchev–Trinajstić information content (AvgIpc) is 3.13. The largest absolute Gasteiger partial charge is 0.436 e. The minimum atomic E-state index is -0.890. The molecule has 3 unspecified atom stereocenters. The molecule has 2 aliphatic rings. The van der Waals surface area contributed by atoms with E-state index in [4.69, 9.17) is 10.5 Å². The summed E-state index contributed by atoms with van der Waals surface area (Å²) in [6, 6.07) is 7.79. The quantitative estimate of drug-likeness (QED) is 0.810. The van der Waals surface area contributed by atoms with Crippen molar-refractivity contribution in [2.24, 2.45) is 11.7 Å². The molecule has 5 nitrogen and oxygen atoms in total. The lowest BCUT2D eigenvalue weighted by Gasteiger charge is -2.22. The lowest BCUT2D eigenvalue weighted by Crippen LogP contribution is -2.40. The fraction of sp³-hybridized carbons (Fsp3) is 0.385. The Morgan fingerprint density at radius 2 is 2.17 bits per heavy atom. The van der Waals surface area contributed by atoms with E-state index in [9.17, 15) is 9.59 Å². The van der Waals surface area contributed by atoms with Crippen molar-refractivity contribution in [2.45, 2.75) is 18.4 Å². The van der Waals surface area contributed by atoms with Gasteiger partial charge in [0.15, 0.2) is 6.10 Å². The Bertz CT molecular complexity index is 529. The topological polar surface area (TPSA) is 72.6 Å². The number of rotatable bonds is 1. The van der Waals surface area contributed by atoms with E-state index >= 15 is 0 Å². The zero-order valence-electron chi connectivity index (χ0n) is 10.00. The summed E-state index contributed by atoms with van der Waals surface area (Å²) in [5.74, 6) is 0.154. The van der Waals surface area contributed by atoms with Crippen molar-refractivity contribution in [1.29, 1.82) is 0 Å². The Labute approximate surface area is 105 Å². The lowest BCUT2D eigenvalue weighted by molar-refractivity contribution is -0.127. The molecule has 5 heteroatoms. The number of anilines is 1. The molecular formula is C13H14N2O3. The van der Waals surface area contributed by atoms with Crippen LogP contribution in [0.1, 0.15) is 17.9 Å². The van der Waals surface area contributed by atoms with Gasteiger partial charge in [0.05, 0.1) is 0 Å². The minimum Gasteiger partial charge on any atom is -0.436 e. The average molecular weight is 246 g/mol. The van der Waals surface area contributed by atoms with E-state index in [0.717, 1.165) is 17.7 Å². The van der Waals surface area contributed by atoms with Gasteiger partial charge >= 0.3 is 6.09 Å². The summed E-state index contributed by atoms with van der Waals surface area (Å²) in [7, 11) is 1.70. The molecule has 1 heterocycles. The standard InChI is InChI=1S/C13H14N2O3/c1-15-10-5-3-2-4-7(10)8-6-9(8)11(12(15)16)18-13(14)17/h2-5,8-9,11H,6H2,1H3,(H2,14,17). The SMILES string of the molecule is CN1C(=O)C(OC(N)=O)C2CC2c2ccccc21. The molecule has 1 aromatic carbocycles. The van der Waals surface area contributed by atoms with Crippen molar-refractivity contribution in [2.75, 3.05) is 11.9 Å². The van der Waals surface area contributed by atoms with Gasteiger partial charge in [0.2, 0.25) is 0 Å². The second kappa shape index (κ2) is 3.73. The molecule has 0 radical (unpaired) electrons. The minimum absolute atomic E-state index is 0.0658. The van der Waals surface area contributed by atoms with Crippen LogP contribution in [0.2, 0.25) is 0 Å². The van der Waals surface area contributed by atoms with Gasteiger partial charge in [0.1, 0.15) is 0 Å². The van der Waals surface area contributed by atoms with Crippen LogP contribution in [-0.4, -0.2) is 25.2 Å². The smallest absolute Gasteiger partial charge is 0.405 e. The van der Waals surface area contributed by atoms with Gasteiger partial charge in [-0.15, -0.1) is 0 Å². The molecule has 2 amide bonds. The first-order valence-corrected chi connectivity index (χ1v) is 5.92. The molecule has 0 aromatic heterocycles. The van der Waals surface area contributed by atoms with Crippen LogP contribution in [0, 0.1) is 5.92 Å². The van der Waals surface area contributed by atoms with Crippen LogP contribution in [0.3, 0.4) is 0 Å². The number of nitrogens with two attached hydrogens (primary N) is 1. The Kier molecular flexibility index (Phi) is 2.29. The van der Waals surface area contributed by atoms with Crippen molar-refractivity contribution < 1.29 is 14.3 Å². The maximum absolute atomic E-state index is 12.3. The van der Waals surface area contributed by atoms with Crippen LogP contribution < -0.4 is 10.6 Å². The molecule has 18 heavy (non-hydrogen) atoms. The van der Waals surface area contributed by atoms with Crippen LogP contribution in [-0.2, 0) is 9.53 Å². The number of nitrogens with zero attached hydrogens (tertiary/aromatic N) is 1. The number of hydrogen-bond acceptors (Lipinski definition) is 3. The summed E-state index contributed by atoms with van der Waals surface area (Å²) in [4.78, 5) is 24.7. The zero-order chi connectivity index (χ0) is 12.9. The Morgan fingerprint density at radius 3 is 2.89 bits per heavy atom. The number of fused-ring (bicyclic) bond motifs is 3.